The van der Waals surface area contributed by atoms with Crippen LogP contribution in [0.25, 0.3) is 10.9 Å². The van der Waals surface area contributed by atoms with Gasteiger partial charge in [0.05, 0.1) is 11.2 Å². The van der Waals surface area contributed by atoms with Crippen molar-refractivity contribution in [3.63, 3.8) is 0 Å². The quantitative estimate of drug-likeness (QED) is 0.819. The lowest BCUT2D eigenvalue weighted by Crippen LogP contribution is -2.45. The van der Waals surface area contributed by atoms with Crippen LogP contribution in [0.3, 0.4) is 0 Å². The molecule has 3 heterocycles. The Labute approximate surface area is 160 Å². The summed E-state index contributed by atoms with van der Waals surface area (Å²) in [6.45, 7) is 6.91. The molecule has 5 rings (SSSR count). The molecule has 5 nitrogen and oxygen atoms in total. The number of carbonyl (C=O) groups is 1. The van der Waals surface area contributed by atoms with Gasteiger partial charge in [0.2, 0.25) is 11.9 Å². The number of hydrogen-bond donors (Lipinski definition) is 0. The minimum Gasteiger partial charge on any atom is -0.341 e. The van der Waals surface area contributed by atoms with E-state index in [9.17, 15) is 4.79 Å². The molecule has 1 amide bonds. The fourth-order valence-electron chi connectivity index (χ4n) is 5.28. The van der Waals surface area contributed by atoms with Gasteiger partial charge in [-0.15, -0.1) is 0 Å². The summed E-state index contributed by atoms with van der Waals surface area (Å²) in [5, 5.41) is 1.13. The molecule has 1 saturated carbocycles. The molecule has 2 aromatic rings. The normalized spacial score (nSPS) is 25.6. The molecule has 2 atom stereocenters. The Balaban J connectivity index is 1.28. The first-order valence-corrected chi connectivity index (χ1v) is 10.4. The van der Waals surface area contributed by atoms with E-state index in [1.165, 1.54) is 24.8 Å². The monoisotopic (exact) mass is 364 g/mol. The molecule has 0 N–H and O–H groups in total. The van der Waals surface area contributed by atoms with Crippen molar-refractivity contribution >= 4 is 22.8 Å². The molecular weight excluding hydrogens is 336 g/mol. The van der Waals surface area contributed by atoms with Crippen LogP contribution in [-0.2, 0) is 4.79 Å². The summed E-state index contributed by atoms with van der Waals surface area (Å²) in [5.74, 6) is 2.18. The molecule has 2 aliphatic heterocycles. The molecule has 2 saturated heterocycles. The zero-order valence-corrected chi connectivity index (χ0v) is 16.3. The van der Waals surface area contributed by atoms with Crippen LogP contribution in [0.15, 0.2) is 18.2 Å². The Kier molecular flexibility index (Phi) is 4.06. The van der Waals surface area contributed by atoms with Gasteiger partial charge in [-0.3, -0.25) is 4.79 Å². The Hall–Kier alpha value is -2.17. The fourth-order valence-corrected chi connectivity index (χ4v) is 5.28. The number of piperidine rings is 2. The number of nitrogens with zero attached hydrogens (tertiary/aromatic N) is 4. The van der Waals surface area contributed by atoms with Crippen molar-refractivity contribution in [2.24, 2.45) is 11.8 Å². The summed E-state index contributed by atoms with van der Waals surface area (Å²) in [5.41, 5.74) is 3.27. The molecule has 3 aliphatic rings. The lowest BCUT2D eigenvalue weighted by Gasteiger charge is -2.36. The molecule has 0 radical (unpaired) electrons. The van der Waals surface area contributed by atoms with Crippen LogP contribution in [0.5, 0.6) is 0 Å². The van der Waals surface area contributed by atoms with Crippen LogP contribution in [0, 0.1) is 25.7 Å². The van der Waals surface area contributed by atoms with Crippen LogP contribution in [-0.4, -0.2) is 46.5 Å². The molecule has 2 unspecified atom stereocenters. The third-order valence-corrected chi connectivity index (χ3v) is 6.85. The third kappa shape index (κ3) is 2.97. The zero-order chi connectivity index (χ0) is 18.5. The maximum atomic E-state index is 13.0. The van der Waals surface area contributed by atoms with Crippen molar-refractivity contribution < 1.29 is 4.79 Å². The summed E-state index contributed by atoms with van der Waals surface area (Å²) in [6, 6.07) is 6.88. The van der Waals surface area contributed by atoms with Gasteiger partial charge < -0.3 is 9.80 Å². The molecule has 142 valence electrons. The number of hydrogen-bond acceptors (Lipinski definition) is 4. The highest BCUT2D eigenvalue weighted by molar-refractivity contribution is 5.83. The van der Waals surface area contributed by atoms with Gasteiger partial charge in [-0.1, -0.05) is 11.6 Å². The molecule has 1 aromatic carbocycles. The number of rotatable bonds is 2. The van der Waals surface area contributed by atoms with E-state index in [0.29, 0.717) is 11.9 Å². The Bertz CT molecular complexity index is 887. The first-order valence-electron chi connectivity index (χ1n) is 10.4. The standard InChI is InChI=1S/C22H28N4O/c1-14-3-6-20-19(11-14)15(2)23-22(24-20)25-9-7-17(8-10-25)21(27)26-13-16-4-5-18(26)12-16/h3,6,11,16-18H,4-5,7-10,12-13H2,1-2H3. The van der Waals surface area contributed by atoms with Gasteiger partial charge >= 0.3 is 0 Å². The number of amides is 1. The number of aromatic nitrogens is 2. The zero-order valence-electron chi connectivity index (χ0n) is 16.3. The predicted octanol–water partition coefficient (Wildman–Crippen LogP) is 3.47. The third-order valence-electron chi connectivity index (χ3n) is 6.85. The average Bonchev–Trinajstić information content (AvgIpc) is 3.31. The summed E-state index contributed by atoms with van der Waals surface area (Å²) >= 11 is 0. The fraction of sp³-hybridized carbons (Fsp3) is 0.591. The van der Waals surface area contributed by atoms with E-state index < -0.39 is 0 Å². The molecule has 2 bridgehead atoms. The van der Waals surface area contributed by atoms with E-state index >= 15 is 0 Å². The van der Waals surface area contributed by atoms with Crippen molar-refractivity contribution in [3.8, 4) is 0 Å². The van der Waals surface area contributed by atoms with Crippen molar-refractivity contribution in [1.82, 2.24) is 14.9 Å². The Morgan fingerprint density at radius 1 is 1.07 bits per heavy atom. The van der Waals surface area contributed by atoms with Gasteiger partial charge in [0.15, 0.2) is 0 Å². The summed E-state index contributed by atoms with van der Waals surface area (Å²) in [7, 11) is 0. The summed E-state index contributed by atoms with van der Waals surface area (Å²) in [6.07, 6.45) is 5.63. The highest BCUT2D eigenvalue weighted by Crippen LogP contribution is 2.39. The van der Waals surface area contributed by atoms with Crippen LogP contribution in [0.2, 0.25) is 0 Å². The molecule has 1 aromatic heterocycles. The minimum atomic E-state index is 0.185. The van der Waals surface area contributed by atoms with E-state index in [1.54, 1.807) is 0 Å². The Morgan fingerprint density at radius 2 is 1.89 bits per heavy atom. The van der Waals surface area contributed by atoms with Gasteiger partial charge in [-0.2, -0.15) is 0 Å². The van der Waals surface area contributed by atoms with Crippen molar-refractivity contribution in [1.29, 1.82) is 0 Å². The lowest BCUT2D eigenvalue weighted by molar-refractivity contribution is -0.137. The van der Waals surface area contributed by atoms with Crippen LogP contribution >= 0.6 is 0 Å². The highest BCUT2D eigenvalue weighted by atomic mass is 16.2. The Morgan fingerprint density at radius 3 is 2.59 bits per heavy atom. The van der Waals surface area contributed by atoms with Gasteiger partial charge in [0.25, 0.3) is 0 Å². The predicted molar refractivity (Wildman–Crippen MR) is 107 cm³/mol. The van der Waals surface area contributed by atoms with Crippen molar-refractivity contribution in [2.45, 2.75) is 52.0 Å². The second kappa shape index (κ2) is 6.47. The number of likely N-dealkylation sites (tertiary alicyclic amines) is 1. The summed E-state index contributed by atoms with van der Waals surface area (Å²) in [4.78, 5) is 27.0. The smallest absolute Gasteiger partial charge is 0.226 e. The van der Waals surface area contributed by atoms with Crippen molar-refractivity contribution in [2.75, 3.05) is 24.5 Å². The first-order chi connectivity index (χ1) is 13.1. The molecule has 1 aliphatic carbocycles. The van der Waals surface area contributed by atoms with E-state index in [1.807, 2.05) is 0 Å². The second-order valence-electron chi connectivity index (χ2n) is 8.71. The van der Waals surface area contributed by atoms with Crippen LogP contribution in [0.4, 0.5) is 5.95 Å². The molecule has 5 heteroatoms. The number of benzene rings is 1. The van der Waals surface area contributed by atoms with Crippen LogP contribution < -0.4 is 4.90 Å². The van der Waals surface area contributed by atoms with Gasteiger partial charge in [0, 0.05) is 37.0 Å². The highest BCUT2D eigenvalue weighted by Gasteiger charge is 2.42. The minimum absolute atomic E-state index is 0.185. The summed E-state index contributed by atoms with van der Waals surface area (Å²) < 4.78 is 0. The molecular formula is C22H28N4O. The second-order valence-corrected chi connectivity index (χ2v) is 8.71. The van der Waals surface area contributed by atoms with Gasteiger partial charge in [-0.05, 0) is 64.0 Å². The molecule has 27 heavy (non-hydrogen) atoms. The number of carbonyl (C=O) groups excluding carboxylic acids is 1. The first kappa shape index (κ1) is 17.0. The average molecular weight is 364 g/mol. The number of aryl methyl sites for hydroxylation is 2. The lowest BCUT2D eigenvalue weighted by atomic mass is 9.94. The van der Waals surface area contributed by atoms with Crippen LogP contribution in [0.1, 0.15) is 43.4 Å². The maximum Gasteiger partial charge on any atom is 0.226 e. The van der Waals surface area contributed by atoms with Gasteiger partial charge in [-0.25, -0.2) is 9.97 Å². The maximum absolute atomic E-state index is 13.0. The topological polar surface area (TPSA) is 49.3 Å². The van der Waals surface area contributed by atoms with Gasteiger partial charge in [0.1, 0.15) is 0 Å². The number of fused-ring (bicyclic) bond motifs is 3. The van der Waals surface area contributed by atoms with E-state index in [0.717, 1.165) is 60.9 Å². The molecule has 3 fully saturated rings. The molecule has 0 spiro atoms. The largest absolute Gasteiger partial charge is 0.341 e. The van der Waals surface area contributed by atoms with E-state index in [4.69, 9.17) is 9.97 Å². The SMILES string of the molecule is Cc1ccc2nc(N3CCC(C(=O)N4CC5CCC4C5)CC3)nc(C)c2c1. The van der Waals surface area contributed by atoms with E-state index in [-0.39, 0.29) is 5.92 Å². The van der Waals surface area contributed by atoms with Crippen molar-refractivity contribution in [3.05, 3.63) is 29.5 Å². The number of anilines is 1. The van der Waals surface area contributed by atoms with E-state index in [2.05, 4.69) is 41.8 Å².